The highest BCUT2D eigenvalue weighted by molar-refractivity contribution is 7.98. The molecule has 2 rings (SSSR count). The van der Waals surface area contributed by atoms with Crippen LogP contribution in [0, 0.1) is 0 Å². The number of hydrogen-bond donors (Lipinski definition) is 2. The van der Waals surface area contributed by atoms with Crippen molar-refractivity contribution in [3.05, 3.63) is 17.8 Å². The Balaban J connectivity index is 2.35. The van der Waals surface area contributed by atoms with E-state index in [2.05, 4.69) is 4.98 Å². The lowest BCUT2D eigenvalue weighted by atomic mass is 9.94. The lowest BCUT2D eigenvalue weighted by Crippen LogP contribution is -2.46. The van der Waals surface area contributed by atoms with E-state index in [-0.39, 0.29) is 0 Å². The maximum atomic E-state index is 9.98. The Morgan fingerprint density at radius 2 is 2.36 bits per heavy atom. The summed E-state index contributed by atoms with van der Waals surface area (Å²) in [4.78, 5) is 4.93. The van der Waals surface area contributed by atoms with Gasteiger partial charge in [-0.25, -0.2) is 4.98 Å². The Kier molecular flexibility index (Phi) is 2.38. The fourth-order valence-corrected chi connectivity index (χ4v) is 1.84. The number of ether oxygens (including phenoxy) is 1. The zero-order valence-electron chi connectivity index (χ0n) is 7.86. The fourth-order valence-electron chi connectivity index (χ4n) is 1.34. The zero-order chi connectivity index (χ0) is 10.2. The zero-order valence-corrected chi connectivity index (χ0v) is 8.67. The van der Waals surface area contributed by atoms with Crippen LogP contribution in [-0.4, -0.2) is 29.6 Å². The van der Waals surface area contributed by atoms with Gasteiger partial charge in [-0.1, -0.05) is 0 Å². The number of thioether (sulfide) groups is 1. The topological polar surface area (TPSA) is 68.4 Å². The molecule has 0 amide bonds. The van der Waals surface area contributed by atoms with Crippen molar-refractivity contribution in [1.29, 1.82) is 0 Å². The van der Waals surface area contributed by atoms with Gasteiger partial charge in [-0.15, -0.1) is 11.8 Å². The van der Waals surface area contributed by atoms with Crippen LogP contribution in [0.2, 0.25) is 0 Å². The predicted octanol–water partition coefficient (Wildman–Crippen LogP) is 0.604. The highest BCUT2D eigenvalue weighted by Gasteiger charge is 2.38. The van der Waals surface area contributed by atoms with Crippen LogP contribution < -0.4 is 5.73 Å². The molecule has 0 radical (unpaired) electrons. The first-order valence-electron chi connectivity index (χ1n) is 4.26. The van der Waals surface area contributed by atoms with Crippen LogP contribution in [0.4, 0.5) is 5.82 Å². The summed E-state index contributed by atoms with van der Waals surface area (Å²) < 4.78 is 4.98. The molecule has 0 spiro atoms. The van der Waals surface area contributed by atoms with Gasteiger partial charge in [0.25, 0.3) is 0 Å². The Morgan fingerprint density at radius 1 is 1.64 bits per heavy atom. The van der Waals surface area contributed by atoms with Crippen molar-refractivity contribution in [1.82, 2.24) is 4.98 Å². The van der Waals surface area contributed by atoms with Crippen LogP contribution >= 0.6 is 11.8 Å². The van der Waals surface area contributed by atoms with Gasteiger partial charge < -0.3 is 15.6 Å². The molecule has 0 bridgehead atoms. The Hall–Kier alpha value is -0.780. The summed E-state index contributed by atoms with van der Waals surface area (Å²) in [6, 6.07) is 1.87. The second kappa shape index (κ2) is 3.42. The van der Waals surface area contributed by atoms with Crippen molar-refractivity contribution in [3.63, 3.8) is 0 Å². The summed E-state index contributed by atoms with van der Waals surface area (Å²) in [7, 11) is 0. The summed E-state index contributed by atoms with van der Waals surface area (Å²) in [5.41, 5.74) is 5.58. The van der Waals surface area contributed by atoms with Crippen LogP contribution in [0.5, 0.6) is 0 Å². The fraction of sp³-hybridized carbons (Fsp3) is 0.444. The molecule has 1 fully saturated rings. The quantitative estimate of drug-likeness (QED) is 0.703. The van der Waals surface area contributed by atoms with Crippen molar-refractivity contribution in [2.24, 2.45) is 0 Å². The molecule has 14 heavy (non-hydrogen) atoms. The molecule has 0 aliphatic carbocycles. The summed E-state index contributed by atoms with van der Waals surface area (Å²) in [5, 5.41) is 9.98. The van der Waals surface area contributed by atoms with Gasteiger partial charge in [0.2, 0.25) is 0 Å². The summed E-state index contributed by atoms with van der Waals surface area (Å²) in [6.45, 7) is 0.679. The third-order valence-corrected chi connectivity index (χ3v) is 3.09. The molecule has 0 aromatic carbocycles. The minimum atomic E-state index is -0.856. The predicted molar refractivity (Wildman–Crippen MR) is 55.1 cm³/mol. The van der Waals surface area contributed by atoms with Gasteiger partial charge in [-0.05, 0) is 12.3 Å². The van der Waals surface area contributed by atoms with Crippen molar-refractivity contribution in [3.8, 4) is 0 Å². The molecule has 1 aromatic heterocycles. The molecule has 1 aromatic rings. The maximum absolute atomic E-state index is 9.98. The van der Waals surface area contributed by atoms with Crippen molar-refractivity contribution < 1.29 is 9.84 Å². The molecule has 4 nitrogen and oxygen atoms in total. The molecule has 5 heteroatoms. The molecule has 1 saturated heterocycles. The Bertz CT molecular complexity index is 353. The number of aromatic nitrogens is 1. The maximum Gasteiger partial charge on any atom is 0.138 e. The number of nitrogens with zero attached hydrogens (tertiary/aromatic N) is 1. The molecule has 76 valence electrons. The average Bonchev–Trinajstić information content (AvgIpc) is 2.15. The molecule has 0 unspecified atom stereocenters. The van der Waals surface area contributed by atoms with Gasteiger partial charge in [0.05, 0.1) is 13.2 Å². The largest absolute Gasteiger partial charge is 0.383 e. The average molecular weight is 212 g/mol. The molecule has 0 saturated carbocycles. The van der Waals surface area contributed by atoms with Crippen molar-refractivity contribution >= 4 is 17.6 Å². The lowest BCUT2D eigenvalue weighted by Gasteiger charge is -2.36. The molecule has 1 aliphatic heterocycles. The number of anilines is 1. The van der Waals surface area contributed by atoms with Crippen molar-refractivity contribution in [2.75, 3.05) is 25.2 Å². The van der Waals surface area contributed by atoms with E-state index in [0.29, 0.717) is 19.0 Å². The number of pyridine rings is 1. The van der Waals surface area contributed by atoms with Crippen LogP contribution in [-0.2, 0) is 10.3 Å². The summed E-state index contributed by atoms with van der Waals surface area (Å²) in [6.07, 6.45) is 3.54. The first-order valence-corrected chi connectivity index (χ1v) is 5.48. The van der Waals surface area contributed by atoms with Gasteiger partial charge >= 0.3 is 0 Å². The van der Waals surface area contributed by atoms with E-state index in [0.717, 1.165) is 10.5 Å². The van der Waals surface area contributed by atoms with E-state index in [1.54, 1.807) is 6.20 Å². The third-order valence-electron chi connectivity index (χ3n) is 2.32. The van der Waals surface area contributed by atoms with E-state index in [9.17, 15) is 5.11 Å². The minimum absolute atomic E-state index is 0.340. The van der Waals surface area contributed by atoms with Gasteiger partial charge in [0.1, 0.15) is 11.4 Å². The minimum Gasteiger partial charge on any atom is -0.383 e. The standard InChI is InChI=1S/C9H12N2O2S/c1-14-7-2-6(3-11-8(7)10)9(12)4-13-5-9/h2-3,12H,4-5H2,1H3,(H2,10,11). The number of rotatable bonds is 2. The Morgan fingerprint density at radius 3 is 2.86 bits per heavy atom. The first kappa shape index (κ1) is 9.76. The molecule has 1 aliphatic rings. The van der Waals surface area contributed by atoms with E-state index >= 15 is 0 Å². The number of aliphatic hydroxyl groups is 1. The Labute approximate surface area is 86.5 Å². The SMILES string of the molecule is CSc1cc(C2(O)COC2)cnc1N. The van der Waals surface area contributed by atoms with Gasteiger partial charge in [-0.2, -0.15) is 0 Å². The number of nitrogens with two attached hydrogens (primary N) is 1. The highest BCUT2D eigenvalue weighted by atomic mass is 32.2. The van der Waals surface area contributed by atoms with Crippen molar-refractivity contribution in [2.45, 2.75) is 10.5 Å². The second-order valence-electron chi connectivity index (χ2n) is 3.34. The van der Waals surface area contributed by atoms with Crippen LogP contribution in [0.1, 0.15) is 5.56 Å². The number of hydrogen-bond acceptors (Lipinski definition) is 5. The van der Waals surface area contributed by atoms with Gasteiger partial charge in [0.15, 0.2) is 0 Å². The number of nitrogen functional groups attached to an aromatic ring is 1. The van der Waals surface area contributed by atoms with E-state index in [1.807, 2.05) is 12.3 Å². The van der Waals surface area contributed by atoms with Gasteiger partial charge in [0, 0.05) is 16.7 Å². The molecule has 3 N–H and O–H groups in total. The van der Waals surface area contributed by atoms with Crippen LogP contribution in [0.3, 0.4) is 0 Å². The van der Waals surface area contributed by atoms with E-state index in [4.69, 9.17) is 10.5 Å². The molecule has 2 heterocycles. The normalized spacial score (nSPS) is 19.0. The second-order valence-corrected chi connectivity index (χ2v) is 4.18. The summed E-state index contributed by atoms with van der Waals surface area (Å²) in [5.74, 6) is 0.505. The smallest absolute Gasteiger partial charge is 0.138 e. The first-order chi connectivity index (χ1) is 6.65. The van der Waals surface area contributed by atoms with E-state index < -0.39 is 5.60 Å². The molecular weight excluding hydrogens is 200 g/mol. The third kappa shape index (κ3) is 1.47. The summed E-state index contributed by atoms with van der Waals surface area (Å²) >= 11 is 1.52. The molecule has 0 atom stereocenters. The van der Waals surface area contributed by atoms with Gasteiger partial charge in [-0.3, -0.25) is 0 Å². The lowest BCUT2D eigenvalue weighted by molar-refractivity contribution is -0.184. The van der Waals surface area contributed by atoms with E-state index in [1.165, 1.54) is 11.8 Å². The molecular formula is C9H12N2O2S. The van der Waals surface area contributed by atoms with Crippen LogP contribution in [0.15, 0.2) is 17.2 Å². The highest BCUT2D eigenvalue weighted by Crippen LogP contribution is 2.32. The monoisotopic (exact) mass is 212 g/mol. The van der Waals surface area contributed by atoms with Crippen LogP contribution in [0.25, 0.3) is 0 Å².